The third-order valence-electron chi connectivity index (χ3n) is 7.60. The summed E-state index contributed by atoms with van der Waals surface area (Å²) in [5.41, 5.74) is 1.51. The van der Waals surface area contributed by atoms with Crippen molar-refractivity contribution in [2.45, 2.75) is 50.2 Å². The molecule has 11 heteroatoms. The fraction of sp³-hybridized carbons (Fsp3) is 0.407. The van der Waals surface area contributed by atoms with Crippen LogP contribution in [0.25, 0.3) is 0 Å². The Bertz CT molecular complexity index is 1290. The zero-order valence-corrected chi connectivity index (χ0v) is 21.0. The number of hydrogen-bond donors (Lipinski definition) is 3. The zero-order valence-electron chi connectivity index (χ0n) is 21.0. The molecule has 200 valence electrons. The van der Waals surface area contributed by atoms with Crippen LogP contribution in [-0.4, -0.2) is 65.3 Å². The molecule has 1 aliphatic carbocycles. The summed E-state index contributed by atoms with van der Waals surface area (Å²) >= 11 is 0. The fourth-order valence-electron chi connectivity index (χ4n) is 5.57. The number of anilines is 1. The molecule has 9 nitrogen and oxygen atoms in total. The number of piperidine rings is 1. The van der Waals surface area contributed by atoms with E-state index < -0.39 is 35.2 Å². The number of carbonyl (C=O) groups excluding carboxylic acids is 4. The van der Waals surface area contributed by atoms with Crippen LogP contribution < -0.4 is 16.0 Å². The lowest BCUT2D eigenvalue weighted by molar-refractivity contribution is -0.137. The van der Waals surface area contributed by atoms with Gasteiger partial charge < -0.3 is 20.4 Å². The van der Waals surface area contributed by atoms with E-state index in [9.17, 15) is 28.0 Å². The summed E-state index contributed by atoms with van der Waals surface area (Å²) in [7, 11) is 1.59. The van der Waals surface area contributed by atoms with Gasteiger partial charge in [-0.2, -0.15) is 0 Å². The molecule has 2 aromatic carbocycles. The van der Waals surface area contributed by atoms with E-state index >= 15 is 0 Å². The number of fused-ring (bicyclic) bond motifs is 1. The predicted molar refractivity (Wildman–Crippen MR) is 134 cm³/mol. The highest BCUT2D eigenvalue weighted by molar-refractivity contribution is 6.07. The van der Waals surface area contributed by atoms with Crippen LogP contribution in [0.15, 0.2) is 36.4 Å². The lowest BCUT2D eigenvalue weighted by Crippen LogP contribution is -2.50. The summed E-state index contributed by atoms with van der Waals surface area (Å²) < 4.78 is 27.6. The number of likely N-dealkylation sites (N-methyl/N-ethyl adjacent to an activating group) is 1. The molecule has 2 heterocycles. The average Bonchev–Trinajstić information content (AvgIpc) is 3.35. The lowest BCUT2D eigenvalue weighted by Gasteiger charge is -2.30. The van der Waals surface area contributed by atoms with Crippen molar-refractivity contribution in [2.75, 3.05) is 25.5 Å². The molecule has 0 aromatic heterocycles. The Labute approximate surface area is 218 Å². The number of carbonyl (C=O) groups is 4. The summed E-state index contributed by atoms with van der Waals surface area (Å²) in [4.78, 5) is 53.6. The summed E-state index contributed by atoms with van der Waals surface area (Å²) in [6.45, 7) is 0.248. The number of imide groups is 1. The second kappa shape index (κ2) is 10.1. The Kier molecular flexibility index (Phi) is 6.87. The highest BCUT2D eigenvalue weighted by Gasteiger charge is 2.54. The van der Waals surface area contributed by atoms with Crippen molar-refractivity contribution < 1.29 is 28.0 Å². The largest absolute Gasteiger partial charge is 0.328 e. The van der Waals surface area contributed by atoms with Gasteiger partial charge in [0.05, 0.1) is 6.04 Å². The number of halogens is 2. The van der Waals surface area contributed by atoms with Gasteiger partial charge in [0.15, 0.2) is 0 Å². The Hall–Kier alpha value is -3.86. The molecule has 2 atom stereocenters. The van der Waals surface area contributed by atoms with Crippen molar-refractivity contribution in [2.24, 2.45) is 0 Å². The van der Waals surface area contributed by atoms with Gasteiger partial charge in [0.25, 0.3) is 5.91 Å². The number of nitrogens with zero attached hydrogens (tertiary/aromatic N) is 2. The summed E-state index contributed by atoms with van der Waals surface area (Å²) in [5, 5.41) is 8.31. The van der Waals surface area contributed by atoms with E-state index in [1.165, 1.54) is 9.80 Å². The molecular weight excluding hydrogens is 496 g/mol. The van der Waals surface area contributed by atoms with E-state index in [0.29, 0.717) is 31.5 Å². The molecule has 0 radical (unpaired) electrons. The van der Waals surface area contributed by atoms with E-state index in [1.54, 1.807) is 19.2 Å². The van der Waals surface area contributed by atoms with E-state index in [1.807, 2.05) is 6.07 Å². The Morgan fingerprint density at radius 2 is 1.82 bits per heavy atom. The Balaban J connectivity index is 1.30. The molecule has 5 amide bonds. The molecular formula is C27H29F2N5O4. The molecule has 2 aromatic rings. The maximum absolute atomic E-state index is 13.8. The first-order valence-corrected chi connectivity index (χ1v) is 12.6. The molecule has 2 unspecified atom stereocenters. The smallest absolute Gasteiger partial charge is 0.324 e. The third-order valence-corrected chi connectivity index (χ3v) is 7.60. The maximum atomic E-state index is 13.8. The van der Waals surface area contributed by atoms with Crippen molar-refractivity contribution in [3.63, 3.8) is 0 Å². The predicted octanol–water partition coefficient (Wildman–Crippen LogP) is 2.09. The molecule has 3 N–H and O–H groups in total. The Morgan fingerprint density at radius 1 is 1.08 bits per heavy atom. The van der Waals surface area contributed by atoms with Gasteiger partial charge in [0.2, 0.25) is 11.8 Å². The van der Waals surface area contributed by atoms with Gasteiger partial charge in [-0.05, 0) is 60.3 Å². The van der Waals surface area contributed by atoms with Crippen LogP contribution in [-0.2, 0) is 33.8 Å². The summed E-state index contributed by atoms with van der Waals surface area (Å²) in [6, 6.07) is 7.43. The van der Waals surface area contributed by atoms with E-state index in [4.69, 9.17) is 0 Å². The highest BCUT2D eigenvalue weighted by atomic mass is 19.1. The molecule has 2 aliphatic heterocycles. The van der Waals surface area contributed by atoms with Crippen molar-refractivity contribution >= 4 is 29.4 Å². The average molecular weight is 526 g/mol. The van der Waals surface area contributed by atoms with Gasteiger partial charge in [-0.15, -0.1) is 0 Å². The van der Waals surface area contributed by atoms with E-state index in [2.05, 4.69) is 16.0 Å². The quantitative estimate of drug-likeness (QED) is 0.501. The third kappa shape index (κ3) is 4.98. The minimum absolute atomic E-state index is 0.124. The number of hydrogen-bond acceptors (Lipinski definition) is 5. The van der Waals surface area contributed by atoms with Crippen LogP contribution in [0.4, 0.5) is 19.3 Å². The first kappa shape index (κ1) is 25.8. The maximum Gasteiger partial charge on any atom is 0.324 e. The lowest BCUT2D eigenvalue weighted by atomic mass is 9.95. The molecule has 2 fully saturated rings. The number of nitrogens with one attached hydrogen (secondary N) is 3. The molecule has 3 aliphatic rings. The monoisotopic (exact) mass is 525 g/mol. The molecule has 1 spiro atoms. The van der Waals surface area contributed by atoms with Gasteiger partial charge in [-0.25, -0.2) is 13.6 Å². The van der Waals surface area contributed by atoms with Crippen LogP contribution >= 0.6 is 0 Å². The standard InChI is InChI=1S/C27H29F2N5O4/c1-33-26(38)32-25(37)27(33)12-17-5-6-21(10-18(17)13-27)31-23(35)15-34(24(36)22-4-2-3-7-30-22)14-16-8-19(28)11-20(29)9-16/h5-6,8-11,22,30H,2-4,7,12-15H2,1H3,(H,31,35)(H,32,37,38). The van der Waals surface area contributed by atoms with Crippen molar-refractivity contribution in [1.82, 2.24) is 20.4 Å². The number of benzene rings is 2. The first-order chi connectivity index (χ1) is 18.1. The first-order valence-electron chi connectivity index (χ1n) is 12.6. The normalized spacial score (nSPS) is 22.4. The molecule has 0 bridgehead atoms. The SMILES string of the molecule is CN1C(=O)NC(=O)C12Cc1ccc(NC(=O)CN(Cc3cc(F)cc(F)c3)C(=O)C3CCCCN3)cc1C2. The van der Waals surface area contributed by atoms with Crippen molar-refractivity contribution in [3.8, 4) is 0 Å². The molecule has 38 heavy (non-hydrogen) atoms. The second-order valence-corrected chi connectivity index (χ2v) is 10.2. The molecule has 5 rings (SSSR count). The highest BCUT2D eigenvalue weighted by Crippen LogP contribution is 2.38. The minimum Gasteiger partial charge on any atom is -0.328 e. The topological polar surface area (TPSA) is 111 Å². The number of rotatable bonds is 6. The number of amides is 5. The second-order valence-electron chi connectivity index (χ2n) is 10.2. The van der Waals surface area contributed by atoms with E-state index in [-0.39, 0.29) is 30.5 Å². The van der Waals surface area contributed by atoms with Crippen LogP contribution in [0.2, 0.25) is 0 Å². The minimum atomic E-state index is -0.974. The zero-order chi connectivity index (χ0) is 27.0. The summed E-state index contributed by atoms with van der Waals surface area (Å²) in [6.07, 6.45) is 3.14. The van der Waals surface area contributed by atoms with Crippen molar-refractivity contribution in [1.29, 1.82) is 0 Å². The van der Waals surface area contributed by atoms with Crippen LogP contribution in [0.5, 0.6) is 0 Å². The van der Waals surface area contributed by atoms with Crippen LogP contribution in [0.3, 0.4) is 0 Å². The van der Waals surface area contributed by atoms with Gasteiger partial charge in [-0.1, -0.05) is 12.5 Å². The van der Waals surface area contributed by atoms with Gasteiger partial charge in [-0.3, -0.25) is 19.7 Å². The summed E-state index contributed by atoms with van der Waals surface area (Å²) in [5.74, 6) is -2.63. The van der Waals surface area contributed by atoms with E-state index in [0.717, 1.165) is 42.2 Å². The molecule has 0 saturated carbocycles. The van der Waals surface area contributed by atoms with Gasteiger partial charge in [0, 0.05) is 38.2 Å². The van der Waals surface area contributed by atoms with Crippen LogP contribution in [0, 0.1) is 11.6 Å². The fourth-order valence-corrected chi connectivity index (χ4v) is 5.57. The van der Waals surface area contributed by atoms with Gasteiger partial charge in [0.1, 0.15) is 23.7 Å². The molecule has 2 saturated heterocycles. The van der Waals surface area contributed by atoms with Crippen LogP contribution in [0.1, 0.15) is 36.0 Å². The Morgan fingerprint density at radius 3 is 2.47 bits per heavy atom. The number of urea groups is 1. The van der Waals surface area contributed by atoms with Gasteiger partial charge >= 0.3 is 6.03 Å². The van der Waals surface area contributed by atoms with Crippen molar-refractivity contribution in [3.05, 3.63) is 64.7 Å².